The monoisotopic (exact) mass is 288 g/mol. The summed E-state index contributed by atoms with van der Waals surface area (Å²) in [5, 5.41) is 0. The minimum atomic E-state index is -0.695. The summed E-state index contributed by atoms with van der Waals surface area (Å²) in [6.07, 6.45) is 1.36. The summed E-state index contributed by atoms with van der Waals surface area (Å²) >= 11 is 0. The Morgan fingerprint density at radius 1 is 1.00 bits per heavy atom. The van der Waals surface area contributed by atoms with Crippen LogP contribution in [-0.4, -0.2) is 87.8 Å². The molecule has 6 heteroatoms. The molecule has 0 radical (unpaired) electrons. The van der Waals surface area contributed by atoms with E-state index in [-0.39, 0.29) is 6.10 Å². The molecular formula is C14H32N4O2. The molecule has 20 heavy (non-hydrogen) atoms. The summed E-state index contributed by atoms with van der Waals surface area (Å²) in [4.78, 5) is 17.5. The molecule has 0 aromatic carbocycles. The number of ether oxygens (including phenoxy) is 1. The molecule has 0 aromatic heterocycles. The van der Waals surface area contributed by atoms with E-state index >= 15 is 0 Å². The van der Waals surface area contributed by atoms with Crippen molar-refractivity contribution >= 4 is 6.09 Å². The Balaban J connectivity index is 4.12. The SMILES string of the molecule is CC(CN(CCCN(C)C)CCCN(C)C)OC(N)=O. The molecule has 1 unspecified atom stereocenters. The van der Waals surface area contributed by atoms with Crippen LogP contribution in [0.15, 0.2) is 0 Å². The van der Waals surface area contributed by atoms with Crippen LogP contribution in [-0.2, 0) is 4.74 Å². The Labute approximate surface area is 123 Å². The molecule has 6 nitrogen and oxygen atoms in total. The molecule has 0 aliphatic heterocycles. The molecule has 0 rings (SSSR count). The van der Waals surface area contributed by atoms with Gasteiger partial charge in [-0.15, -0.1) is 0 Å². The van der Waals surface area contributed by atoms with Gasteiger partial charge in [-0.2, -0.15) is 0 Å². The molecule has 1 atom stereocenters. The summed E-state index contributed by atoms with van der Waals surface area (Å²) in [7, 11) is 8.31. The van der Waals surface area contributed by atoms with E-state index in [1.165, 1.54) is 0 Å². The van der Waals surface area contributed by atoms with Gasteiger partial charge in [0.15, 0.2) is 0 Å². The Hall–Kier alpha value is -0.850. The van der Waals surface area contributed by atoms with E-state index in [4.69, 9.17) is 10.5 Å². The van der Waals surface area contributed by atoms with Crippen molar-refractivity contribution in [3.05, 3.63) is 0 Å². The molecule has 0 saturated heterocycles. The van der Waals surface area contributed by atoms with E-state index in [1.54, 1.807) is 0 Å². The molecule has 0 bridgehead atoms. The average molecular weight is 288 g/mol. The zero-order chi connectivity index (χ0) is 15.5. The molecular weight excluding hydrogens is 256 g/mol. The maximum absolute atomic E-state index is 10.8. The number of rotatable bonds is 11. The van der Waals surface area contributed by atoms with Crippen LogP contribution >= 0.6 is 0 Å². The van der Waals surface area contributed by atoms with Crippen LogP contribution in [0.1, 0.15) is 19.8 Å². The van der Waals surface area contributed by atoms with Crippen molar-refractivity contribution in [2.75, 3.05) is 60.9 Å². The zero-order valence-corrected chi connectivity index (χ0v) is 13.8. The summed E-state index contributed by atoms with van der Waals surface area (Å²) in [5.41, 5.74) is 5.06. The third kappa shape index (κ3) is 12.2. The van der Waals surface area contributed by atoms with Gasteiger partial charge in [0, 0.05) is 6.54 Å². The van der Waals surface area contributed by atoms with Crippen LogP contribution in [0.2, 0.25) is 0 Å². The van der Waals surface area contributed by atoms with Crippen molar-refractivity contribution in [3.63, 3.8) is 0 Å². The lowest BCUT2D eigenvalue weighted by Crippen LogP contribution is -2.37. The van der Waals surface area contributed by atoms with Gasteiger partial charge in [0.1, 0.15) is 6.10 Å². The van der Waals surface area contributed by atoms with Crippen LogP contribution in [0, 0.1) is 0 Å². The Morgan fingerprint density at radius 2 is 1.45 bits per heavy atom. The van der Waals surface area contributed by atoms with Gasteiger partial charge < -0.3 is 20.3 Å². The number of primary amides is 1. The Kier molecular flexibility index (Phi) is 10.4. The number of nitrogens with zero attached hydrogens (tertiary/aromatic N) is 3. The van der Waals surface area contributed by atoms with Crippen molar-refractivity contribution in [2.24, 2.45) is 5.73 Å². The van der Waals surface area contributed by atoms with Gasteiger partial charge in [-0.3, -0.25) is 4.90 Å². The van der Waals surface area contributed by atoms with E-state index in [1.807, 2.05) is 6.92 Å². The van der Waals surface area contributed by atoms with E-state index in [0.29, 0.717) is 0 Å². The third-order valence-electron chi connectivity index (χ3n) is 2.99. The highest BCUT2D eigenvalue weighted by molar-refractivity contribution is 5.64. The van der Waals surface area contributed by atoms with E-state index in [2.05, 4.69) is 42.9 Å². The first kappa shape index (κ1) is 19.1. The Bertz CT molecular complexity index is 246. The molecule has 0 saturated carbocycles. The fourth-order valence-electron chi connectivity index (χ4n) is 2.11. The largest absolute Gasteiger partial charge is 0.445 e. The molecule has 0 heterocycles. The van der Waals surface area contributed by atoms with E-state index in [0.717, 1.165) is 45.6 Å². The maximum atomic E-state index is 10.8. The number of nitrogens with two attached hydrogens (primary N) is 1. The van der Waals surface area contributed by atoms with Gasteiger partial charge in [-0.25, -0.2) is 4.79 Å². The van der Waals surface area contributed by atoms with Crippen LogP contribution in [0.25, 0.3) is 0 Å². The standard InChI is InChI=1S/C14H32N4O2/c1-13(20-14(15)19)12-18(10-6-8-16(2)3)11-7-9-17(4)5/h13H,6-12H2,1-5H3,(H2,15,19). The van der Waals surface area contributed by atoms with Crippen LogP contribution < -0.4 is 5.73 Å². The number of carbonyl (C=O) groups is 1. The minimum absolute atomic E-state index is 0.161. The number of hydrogen-bond acceptors (Lipinski definition) is 5. The molecule has 1 amide bonds. The van der Waals surface area contributed by atoms with Crippen LogP contribution in [0.4, 0.5) is 4.79 Å². The van der Waals surface area contributed by atoms with Crippen molar-refractivity contribution in [1.29, 1.82) is 0 Å². The smallest absolute Gasteiger partial charge is 0.404 e. The first-order valence-corrected chi connectivity index (χ1v) is 7.29. The fraction of sp³-hybridized carbons (Fsp3) is 0.929. The average Bonchev–Trinajstić information content (AvgIpc) is 2.26. The van der Waals surface area contributed by atoms with E-state index in [9.17, 15) is 4.79 Å². The van der Waals surface area contributed by atoms with Crippen molar-refractivity contribution in [3.8, 4) is 0 Å². The molecule has 0 fully saturated rings. The lowest BCUT2D eigenvalue weighted by atomic mass is 10.2. The summed E-state index contributed by atoms with van der Waals surface area (Å²) in [6, 6.07) is 0. The lowest BCUT2D eigenvalue weighted by molar-refractivity contribution is 0.0843. The van der Waals surface area contributed by atoms with Gasteiger partial charge in [-0.1, -0.05) is 0 Å². The van der Waals surface area contributed by atoms with Crippen molar-refractivity contribution < 1.29 is 9.53 Å². The second-order valence-electron chi connectivity index (χ2n) is 5.86. The molecule has 0 spiro atoms. The van der Waals surface area contributed by atoms with E-state index < -0.39 is 6.09 Å². The summed E-state index contributed by atoms with van der Waals surface area (Å²) in [6.45, 7) is 6.78. The number of amides is 1. The van der Waals surface area contributed by atoms with Gasteiger partial charge in [0.25, 0.3) is 0 Å². The predicted octanol–water partition coefficient (Wildman–Crippen LogP) is 0.676. The molecule has 2 N–H and O–H groups in total. The highest BCUT2D eigenvalue weighted by Crippen LogP contribution is 2.01. The summed E-state index contributed by atoms with van der Waals surface area (Å²) in [5.74, 6) is 0. The number of carbonyl (C=O) groups excluding carboxylic acids is 1. The molecule has 0 aliphatic rings. The van der Waals surface area contributed by atoms with Crippen molar-refractivity contribution in [2.45, 2.75) is 25.9 Å². The molecule has 120 valence electrons. The third-order valence-corrected chi connectivity index (χ3v) is 2.99. The molecule has 0 aromatic rings. The lowest BCUT2D eigenvalue weighted by Gasteiger charge is -2.26. The Morgan fingerprint density at radius 3 is 1.80 bits per heavy atom. The van der Waals surface area contributed by atoms with Gasteiger partial charge in [-0.05, 0) is 74.1 Å². The normalized spacial score (nSPS) is 13.2. The van der Waals surface area contributed by atoms with Gasteiger partial charge in [0.2, 0.25) is 0 Å². The number of hydrogen-bond donors (Lipinski definition) is 1. The first-order valence-electron chi connectivity index (χ1n) is 7.29. The second-order valence-corrected chi connectivity index (χ2v) is 5.86. The summed E-state index contributed by atoms with van der Waals surface area (Å²) < 4.78 is 5.01. The fourth-order valence-corrected chi connectivity index (χ4v) is 2.11. The van der Waals surface area contributed by atoms with Gasteiger partial charge in [0.05, 0.1) is 0 Å². The highest BCUT2D eigenvalue weighted by Gasteiger charge is 2.12. The topological polar surface area (TPSA) is 62.0 Å². The minimum Gasteiger partial charge on any atom is -0.445 e. The van der Waals surface area contributed by atoms with Crippen LogP contribution in [0.3, 0.4) is 0 Å². The molecule has 0 aliphatic carbocycles. The van der Waals surface area contributed by atoms with Gasteiger partial charge >= 0.3 is 6.09 Å². The second kappa shape index (κ2) is 10.9. The maximum Gasteiger partial charge on any atom is 0.404 e. The quantitative estimate of drug-likeness (QED) is 0.606. The van der Waals surface area contributed by atoms with Crippen molar-refractivity contribution in [1.82, 2.24) is 14.7 Å². The first-order chi connectivity index (χ1) is 9.31. The predicted molar refractivity (Wildman–Crippen MR) is 82.9 cm³/mol. The zero-order valence-electron chi connectivity index (χ0n) is 13.8. The van der Waals surface area contributed by atoms with Crippen LogP contribution in [0.5, 0.6) is 0 Å². The highest BCUT2D eigenvalue weighted by atomic mass is 16.6.